The summed E-state index contributed by atoms with van der Waals surface area (Å²) in [6, 6.07) is -0.543. The number of allylic oxidation sites excluding steroid dienone is 4. The summed E-state index contributed by atoms with van der Waals surface area (Å²) < 4.78 is 5.49. The fraction of sp³-hybridized carbons (Fsp3) is 0.918. The van der Waals surface area contributed by atoms with E-state index < -0.39 is 12.1 Å². The second-order valence-corrected chi connectivity index (χ2v) is 24.9. The molecule has 0 aliphatic rings. The quantitative estimate of drug-likeness (QED) is 0.0320. The molecule has 0 saturated heterocycles. The van der Waals surface area contributed by atoms with Gasteiger partial charge in [0.25, 0.3) is 0 Å². The maximum atomic E-state index is 12.5. The summed E-state index contributed by atoms with van der Waals surface area (Å²) in [6.07, 6.45) is 86.6. The summed E-state index contributed by atoms with van der Waals surface area (Å²) in [5, 5.41) is 23.4. The molecule has 0 aliphatic carbocycles. The molecule has 2 unspecified atom stereocenters. The largest absolute Gasteiger partial charge is 0.466 e. The lowest BCUT2D eigenvalue weighted by Crippen LogP contribution is -2.45. The molecule has 0 bridgehead atoms. The predicted octanol–water partition coefficient (Wildman–Crippen LogP) is 23.3. The Kier molecular flexibility index (Phi) is 67.4. The van der Waals surface area contributed by atoms with Gasteiger partial charge in [0.05, 0.1) is 25.4 Å². The number of esters is 1. The lowest BCUT2D eigenvalue weighted by atomic mass is 10.0. The van der Waals surface area contributed by atoms with Gasteiger partial charge in [-0.15, -0.1) is 0 Å². The molecule has 6 heteroatoms. The maximum Gasteiger partial charge on any atom is 0.305 e. The summed E-state index contributed by atoms with van der Waals surface area (Å²) in [7, 11) is 0. The molecule has 3 N–H and O–H groups in total. The number of rotatable bonds is 68. The highest BCUT2D eigenvalue weighted by Crippen LogP contribution is 2.19. The Bertz CT molecular complexity index is 1230. The molecule has 0 aliphatic heterocycles. The Hall–Kier alpha value is -1.66. The van der Waals surface area contributed by atoms with Gasteiger partial charge in [-0.3, -0.25) is 9.59 Å². The van der Waals surface area contributed by atoms with E-state index in [9.17, 15) is 19.8 Å². The zero-order valence-electron chi connectivity index (χ0n) is 53.6. The Labute approximate surface area is 494 Å². The molecule has 0 rings (SSSR count). The molecule has 0 aromatic heterocycles. The van der Waals surface area contributed by atoms with E-state index >= 15 is 0 Å². The minimum Gasteiger partial charge on any atom is -0.466 e. The summed E-state index contributed by atoms with van der Waals surface area (Å²) in [6.45, 7) is 4.99. The SMILES string of the molecule is CCCCCCCCCCCCCCCCCCCCC(O)C(CO)NC(=O)CCCCCCCCCCCCCCC/C=C\C/C=C\CCCCCCCCCCCOC(=O)CCCCCCCCCCCCCCCCC. The number of aliphatic hydroxyl groups is 2. The molecule has 0 spiro atoms. The molecule has 0 radical (unpaired) electrons. The normalized spacial score (nSPS) is 12.6. The van der Waals surface area contributed by atoms with E-state index in [1.807, 2.05) is 0 Å². The number of hydrogen-bond donors (Lipinski definition) is 3. The van der Waals surface area contributed by atoms with Crippen LogP contribution < -0.4 is 5.32 Å². The molecule has 1 amide bonds. The summed E-state index contributed by atoms with van der Waals surface area (Å²) in [5.74, 6) is -0.0164. The van der Waals surface area contributed by atoms with Crippen LogP contribution in [-0.4, -0.2) is 47.4 Å². The van der Waals surface area contributed by atoms with Crippen LogP contribution in [0.1, 0.15) is 406 Å². The first kappa shape index (κ1) is 77.3. The Morgan fingerprint density at radius 3 is 0.962 bits per heavy atom. The highest BCUT2D eigenvalue weighted by Gasteiger charge is 2.20. The van der Waals surface area contributed by atoms with Crippen molar-refractivity contribution in [2.75, 3.05) is 13.2 Å². The highest BCUT2D eigenvalue weighted by molar-refractivity contribution is 5.76. The Morgan fingerprint density at radius 2 is 0.633 bits per heavy atom. The Morgan fingerprint density at radius 1 is 0.354 bits per heavy atom. The number of unbranched alkanes of at least 4 members (excludes halogenated alkanes) is 53. The van der Waals surface area contributed by atoms with Crippen molar-refractivity contribution >= 4 is 11.9 Å². The van der Waals surface area contributed by atoms with Crippen LogP contribution in [0, 0.1) is 0 Å². The molecule has 79 heavy (non-hydrogen) atoms. The average molecular weight is 1110 g/mol. The zero-order valence-corrected chi connectivity index (χ0v) is 53.6. The number of hydrogen-bond acceptors (Lipinski definition) is 5. The van der Waals surface area contributed by atoms with Crippen molar-refractivity contribution in [3.63, 3.8) is 0 Å². The van der Waals surface area contributed by atoms with Crippen molar-refractivity contribution < 1.29 is 24.5 Å². The van der Waals surface area contributed by atoms with Gasteiger partial charge in [0.1, 0.15) is 0 Å². The van der Waals surface area contributed by atoms with Crippen molar-refractivity contribution in [1.29, 1.82) is 0 Å². The molecular formula is C73H141NO5. The minimum absolute atomic E-state index is 0.0157. The minimum atomic E-state index is -0.665. The van der Waals surface area contributed by atoms with E-state index in [1.165, 1.54) is 327 Å². The lowest BCUT2D eigenvalue weighted by molar-refractivity contribution is -0.143. The van der Waals surface area contributed by atoms with E-state index in [2.05, 4.69) is 43.5 Å². The number of nitrogens with one attached hydrogen (secondary N) is 1. The monoisotopic (exact) mass is 1110 g/mol. The standard InChI is InChI=1S/C73H141NO5/c1-3-5-7-9-11-13-15-17-19-20-34-38-41-45-49-53-57-61-65-71(76)70(69-75)74-72(77)66-62-58-54-50-46-42-39-35-32-30-28-26-24-22-21-23-25-27-29-31-33-36-40-44-48-52-56-60-64-68-79-73(78)67-63-59-55-51-47-43-37-18-16-14-12-10-8-6-4-2/h21,23,27,29,70-71,75-76H,3-20,22,24-26,28,30-69H2,1-2H3,(H,74,77)/b23-21-,29-27-. The van der Waals surface area contributed by atoms with Crippen LogP contribution in [0.2, 0.25) is 0 Å². The number of amides is 1. The first-order valence-corrected chi connectivity index (χ1v) is 36.1. The molecule has 0 saturated carbocycles. The summed E-state index contributed by atoms with van der Waals surface area (Å²) in [5.41, 5.74) is 0. The predicted molar refractivity (Wildman–Crippen MR) is 347 cm³/mol. The first-order valence-electron chi connectivity index (χ1n) is 36.1. The Balaban J connectivity index is 3.39. The molecule has 0 fully saturated rings. The van der Waals surface area contributed by atoms with Gasteiger partial charge in [-0.25, -0.2) is 0 Å². The first-order chi connectivity index (χ1) is 39.0. The molecule has 0 aromatic rings. The third kappa shape index (κ3) is 65.4. The van der Waals surface area contributed by atoms with Crippen LogP contribution in [-0.2, 0) is 14.3 Å². The van der Waals surface area contributed by atoms with Gasteiger partial charge in [0.2, 0.25) is 5.91 Å². The van der Waals surface area contributed by atoms with Crippen molar-refractivity contribution in [3.05, 3.63) is 24.3 Å². The van der Waals surface area contributed by atoms with E-state index in [0.717, 1.165) is 44.9 Å². The van der Waals surface area contributed by atoms with Crippen molar-refractivity contribution in [1.82, 2.24) is 5.32 Å². The van der Waals surface area contributed by atoms with Crippen LogP contribution in [0.15, 0.2) is 24.3 Å². The molecule has 0 heterocycles. The average Bonchev–Trinajstić information content (AvgIpc) is 3.45. The summed E-state index contributed by atoms with van der Waals surface area (Å²) in [4.78, 5) is 24.6. The highest BCUT2D eigenvalue weighted by atomic mass is 16.5. The van der Waals surface area contributed by atoms with Crippen LogP contribution in [0.5, 0.6) is 0 Å². The van der Waals surface area contributed by atoms with Gasteiger partial charge in [-0.05, 0) is 57.8 Å². The van der Waals surface area contributed by atoms with Crippen molar-refractivity contribution in [2.45, 2.75) is 418 Å². The molecular weight excluding hydrogens is 971 g/mol. The second kappa shape index (κ2) is 68.8. The number of ether oxygens (including phenoxy) is 1. The van der Waals surface area contributed by atoms with Gasteiger partial charge in [-0.2, -0.15) is 0 Å². The number of carbonyl (C=O) groups excluding carboxylic acids is 2. The fourth-order valence-corrected chi connectivity index (χ4v) is 11.5. The third-order valence-corrected chi connectivity index (χ3v) is 17.0. The molecule has 468 valence electrons. The fourth-order valence-electron chi connectivity index (χ4n) is 11.5. The number of carbonyl (C=O) groups is 2. The van der Waals surface area contributed by atoms with Crippen molar-refractivity contribution in [2.24, 2.45) is 0 Å². The van der Waals surface area contributed by atoms with Gasteiger partial charge in [0, 0.05) is 12.8 Å². The molecule has 6 nitrogen and oxygen atoms in total. The lowest BCUT2D eigenvalue weighted by Gasteiger charge is -2.22. The topological polar surface area (TPSA) is 95.9 Å². The third-order valence-electron chi connectivity index (χ3n) is 17.0. The molecule has 2 atom stereocenters. The molecule has 0 aromatic carbocycles. The maximum absolute atomic E-state index is 12.5. The van der Waals surface area contributed by atoms with Gasteiger partial charge in [0.15, 0.2) is 0 Å². The van der Waals surface area contributed by atoms with E-state index in [4.69, 9.17) is 4.74 Å². The van der Waals surface area contributed by atoms with Gasteiger partial charge < -0.3 is 20.3 Å². The van der Waals surface area contributed by atoms with Gasteiger partial charge in [-0.1, -0.05) is 359 Å². The van der Waals surface area contributed by atoms with E-state index in [1.54, 1.807) is 0 Å². The van der Waals surface area contributed by atoms with E-state index in [-0.39, 0.29) is 18.5 Å². The summed E-state index contributed by atoms with van der Waals surface area (Å²) >= 11 is 0. The number of aliphatic hydroxyl groups excluding tert-OH is 2. The van der Waals surface area contributed by atoms with Gasteiger partial charge >= 0.3 is 5.97 Å². The zero-order chi connectivity index (χ0) is 57.1. The smallest absolute Gasteiger partial charge is 0.305 e. The van der Waals surface area contributed by atoms with Crippen LogP contribution >= 0.6 is 0 Å². The van der Waals surface area contributed by atoms with Crippen LogP contribution in [0.4, 0.5) is 0 Å². The van der Waals surface area contributed by atoms with Crippen molar-refractivity contribution in [3.8, 4) is 0 Å². The van der Waals surface area contributed by atoms with E-state index in [0.29, 0.717) is 25.9 Å². The van der Waals surface area contributed by atoms with Crippen LogP contribution in [0.3, 0.4) is 0 Å². The second-order valence-electron chi connectivity index (χ2n) is 24.9. The van der Waals surface area contributed by atoms with Crippen LogP contribution in [0.25, 0.3) is 0 Å².